The number of halogens is 2. The molecule has 0 bridgehead atoms. The monoisotopic (exact) mass is 346 g/mol. The Kier molecular flexibility index (Phi) is 6.98. The second-order valence-corrected chi connectivity index (χ2v) is 6.28. The summed E-state index contributed by atoms with van der Waals surface area (Å²) in [5, 5.41) is 0.523. The molecule has 2 rings (SSSR count). The van der Waals surface area contributed by atoms with Gasteiger partial charge in [-0.25, -0.2) is 0 Å². The highest BCUT2D eigenvalue weighted by Gasteiger charge is 2.34. The van der Waals surface area contributed by atoms with E-state index in [9.17, 15) is 4.79 Å². The summed E-state index contributed by atoms with van der Waals surface area (Å²) in [4.78, 5) is 14.4. The smallest absolute Gasteiger partial charge is 0.263 e. The van der Waals surface area contributed by atoms with Crippen LogP contribution in [0, 0.1) is 12.8 Å². The Morgan fingerprint density at radius 2 is 2.23 bits per heavy atom. The summed E-state index contributed by atoms with van der Waals surface area (Å²) in [5.41, 5.74) is 6.76. The molecule has 2 N–H and O–H groups in total. The number of nitrogens with zero attached hydrogens (tertiary/aromatic N) is 1. The van der Waals surface area contributed by atoms with Gasteiger partial charge in [0.2, 0.25) is 0 Å². The lowest BCUT2D eigenvalue weighted by Gasteiger charge is -2.25. The van der Waals surface area contributed by atoms with Gasteiger partial charge in [-0.3, -0.25) is 4.79 Å². The number of rotatable bonds is 4. The molecule has 1 aromatic rings. The van der Waals surface area contributed by atoms with Crippen LogP contribution in [-0.2, 0) is 4.79 Å². The Bertz CT molecular complexity index is 525. The fraction of sp³-hybridized carbons (Fsp3) is 0.562. The number of carbonyl (C=O) groups is 1. The normalized spacial score (nSPS) is 22.1. The Morgan fingerprint density at radius 1 is 1.55 bits per heavy atom. The molecule has 0 aliphatic carbocycles. The van der Waals surface area contributed by atoms with Crippen molar-refractivity contribution in [2.45, 2.75) is 39.3 Å². The van der Waals surface area contributed by atoms with Crippen molar-refractivity contribution >= 4 is 29.9 Å². The van der Waals surface area contributed by atoms with Crippen molar-refractivity contribution in [3.63, 3.8) is 0 Å². The molecule has 0 saturated carbocycles. The van der Waals surface area contributed by atoms with E-state index in [0.717, 1.165) is 12.0 Å². The summed E-state index contributed by atoms with van der Waals surface area (Å²) in [7, 11) is 0. The summed E-state index contributed by atoms with van der Waals surface area (Å²) >= 11 is 6.11. The minimum atomic E-state index is -0.553. The maximum atomic E-state index is 12.5. The van der Waals surface area contributed by atoms with Crippen molar-refractivity contribution in [3.8, 4) is 5.75 Å². The molecule has 6 heteroatoms. The van der Waals surface area contributed by atoms with Crippen molar-refractivity contribution in [2.24, 2.45) is 11.7 Å². The molecule has 1 saturated heterocycles. The topological polar surface area (TPSA) is 55.6 Å². The van der Waals surface area contributed by atoms with E-state index < -0.39 is 6.10 Å². The van der Waals surface area contributed by atoms with Gasteiger partial charge >= 0.3 is 0 Å². The van der Waals surface area contributed by atoms with Crippen LogP contribution in [0.4, 0.5) is 0 Å². The van der Waals surface area contributed by atoms with Gasteiger partial charge < -0.3 is 15.4 Å². The fourth-order valence-corrected chi connectivity index (χ4v) is 2.96. The molecule has 3 atom stereocenters. The molecule has 4 nitrogen and oxygen atoms in total. The summed E-state index contributed by atoms with van der Waals surface area (Å²) in [6, 6.07) is 5.76. The third-order valence-electron chi connectivity index (χ3n) is 4.02. The van der Waals surface area contributed by atoms with Crippen LogP contribution in [0.3, 0.4) is 0 Å². The maximum absolute atomic E-state index is 12.5. The van der Waals surface area contributed by atoms with Gasteiger partial charge in [0.1, 0.15) is 5.75 Å². The average Bonchev–Trinajstić information content (AvgIpc) is 2.83. The molecular weight excluding hydrogens is 323 g/mol. The molecule has 1 amide bonds. The predicted molar refractivity (Wildman–Crippen MR) is 91.9 cm³/mol. The standard InChI is InChI=1S/C16H23ClN2O2.ClH/c1-10-4-5-14(17)15(6-10)21-12(3)16(20)19-9-13(8-18)7-11(19)2;/h4-6,11-13H,7-9,18H2,1-3H3;1H. The molecule has 0 spiro atoms. The molecule has 1 aromatic carbocycles. The van der Waals surface area contributed by atoms with Gasteiger partial charge in [-0.05, 0) is 57.4 Å². The Labute approximate surface area is 143 Å². The van der Waals surface area contributed by atoms with E-state index in [1.165, 1.54) is 0 Å². The van der Waals surface area contributed by atoms with Crippen LogP contribution in [-0.4, -0.2) is 36.0 Å². The second kappa shape index (κ2) is 8.04. The SMILES string of the molecule is Cc1ccc(Cl)c(OC(C)C(=O)N2CC(CN)CC2C)c1.Cl. The summed E-state index contributed by atoms with van der Waals surface area (Å²) in [5.74, 6) is 0.939. The van der Waals surface area contributed by atoms with Gasteiger partial charge in [0, 0.05) is 12.6 Å². The molecule has 0 radical (unpaired) electrons. The number of carbonyl (C=O) groups excluding carboxylic acids is 1. The number of nitrogens with two attached hydrogens (primary N) is 1. The van der Waals surface area contributed by atoms with Crippen LogP contribution in [0.2, 0.25) is 5.02 Å². The zero-order valence-corrected chi connectivity index (χ0v) is 14.8. The number of amides is 1. The van der Waals surface area contributed by atoms with Crippen LogP contribution in [0.25, 0.3) is 0 Å². The van der Waals surface area contributed by atoms with Crippen LogP contribution >= 0.6 is 24.0 Å². The molecule has 1 fully saturated rings. The molecular formula is C16H24Cl2N2O2. The van der Waals surface area contributed by atoms with E-state index >= 15 is 0 Å². The highest BCUT2D eigenvalue weighted by molar-refractivity contribution is 6.32. The Balaban J connectivity index is 0.00000242. The average molecular weight is 347 g/mol. The van der Waals surface area contributed by atoms with E-state index in [1.807, 2.05) is 24.0 Å². The predicted octanol–water partition coefficient (Wildman–Crippen LogP) is 3.03. The van der Waals surface area contributed by atoms with E-state index in [2.05, 4.69) is 6.92 Å². The lowest BCUT2D eigenvalue weighted by atomic mass is 10.1. The van der Waals surface area contributed by atoms with Gasteiger partial charge in [0.25, 0.3) is 5.91 Å². The molecule has 1 aliphatic heterocycles. The minimum absolute atomic E-state index is 0. The summed E-state index contributed by atoms with van der Waals surface area (Å²) < 4.78 is 5.76. The first kappa shape index (κ1) is 19.1. The van der Waals surface area contributed by atoms with Crippen molar-refractivity contribution in [3.05, 3.63) is 28.8 Å². The van der Waals surface area contributed by atoms with E-state index in [-0.39, 0.29) is 24.4 Å². The number of ether oxygens (including phenoxy) is 1. The maximum Gasteiger partial charge on any atom is 0.263 e. The lowest BCUT2D eigenvalue weighted by Crippen LogP contribution is -2.42. The van der Waals surface area contributed by atoms with Gasteiger partial charge in [-0.2, -0.15) is 0 Å². The fourth-order valence-electron chi connectivity index (χ4n) is 2.80. The minimum Gasteiger partial charge on any atom is -0.479 e. The molecule has 3 unspecified atom stereocenters. The van der Waals surface area contributed by atoms with Crippen molar-refractivity contribution in [1.29, 1.82) is 0 Å². The number of hydrogen-bond donors (Lipinski definition) is 1. The third kappa shape index (κ3) is 4.28. The summed E-state index contributed by atoms with van der Waals surface area (Å²) in [6.07, 6.45) is 0.406. The van der Waals surface area contributed by atoms with Crippen LogP contribution < -0.4 is 10.5 Å². The molecule has 124 valence electrons. The first-order valence-corrected chi connectivity index (χ1v) is 7.73. The Morgan fingerprint density at radius 3 is 2.82 bits per heavy atom. The van der Waals surface area contributed by atoms with Gasteiger partial charge in [-0.15, -0.1) is 12.4 Å². The number of benzene rings is 1. The molecule has 0 aromatic heterocycles. The van der Waals surface area contributed by atoms with E-state index in [1.54, 1.807) is 13.0 Å². The first-order chi connectivity index (χ1) is 9.92. The van der Waals surface area contributed by atoms with Gasteiger partial charge in [0.05, 0.1) is 5.02 Å². The molecule has 1 aliphatic rings. The highest BCUT2D eigenvalue weighted by Crippen LogP contribution is 2.28. The quantitative estimate of drug-likeness (QED) is 0.911. The number of hydrogen-bond acceptors (Lipinski definition) is 3. The summed E-state index contributed by atoms with van der Waals surface area (Å²) in [6.45, 7) is 7.12. The van der Waals surface area contributed by atoms with Crippen LogP contribution in [0.15, 0.2) is 18.2 Å². The molecule has 22 heavy (non-hydrogen) atoms. The van der Waals surface area contributed by atoms with E-state index in [4.69, 9.17) is 22.1 Å². The van der Waals surface area contributed by atoms with E-state index in [0.29, 0.717) is 29.8 Å². The second-order valence-electron chi connectivity index (χ2n) is 5.87. The number of likely N-dealkylation sites (tertiary alicyclic amines) is 1. The van der Waals surface area contributed by atoms with Crippen molar-refractivity contribution in [2.75, 3.05) is 13.1 Å². The van der Waals surface area contributed by atoms with Gasteiger partial charge in [-0.1, -0.05) is 17.7 Å². The van der Waals surface area contributed by atoms with Crippen molar-refractivity contribution in [1.82, 2.24) is 4.90 Å². The third-order valence-corrected chi connectivity index (χ3v) is 4.33. The zero-order chi connectivity index (χ0) is 15.6. The lowest BCUT2D eigenvalue weighted by molar-refractivity contribution is -0.138. The largest absolute Gasteiger partial charge is 0.479 e. The Hall–Kier alpha value is -0.970. The van der Waals surface area contributed by atoms with Crippen LogP contribution in [0.5, 0.6) is 5.75 Å². The zero-order valence-electron chi connectivity index (χ0n) is 13.2. The van der Waals surface area contributed by atoms with Crippen molar-refractivity contribution < 1.29 is 9.53 Å². The molecule has 1 heterocycles. The van der Waals surface area contributed by atoms with Crippen LogP contribution in [0.1, 0.15) is 25.8 Å². The first-order valence-electron chi connectivity index (χ1n) is 7.35. The number of aryl methyl sites for hydroxylation is 1. The highest BCUT2D eigenvalue weighted by atomic mass is 35.5. The van der Waals surface area contributed by atoms with Gasteiger partial charge in [0.15, 0.2) is 6.10 Å².